The van der Waals surface area contributed by atoms with Crippen LogP contribution in [0.4, 0.5) is 5.69 Å². The quantitative estimate of drug-likeness (QED) is 0.768. The molecule has 1 aliphatic carbocycles. The van der Waals surface area contributed by atoms with E-state index in [4.69, 9.17) is 11.6 Å². The van der Waals surface area contributed by atoms with Gasteiger partial charge in [0, 0.05) is 10.7 Å². The number of halogens is 1. The lowest BCUT2D eigenvalue weighted by molar-refractivity contribution is -0.119. The van der Waals surface area contributed by atoms with E-state index >= 15 is 0 Å². The molecule has 0 unspecified atom stereocenters. The molecular weight excluding hydrogens is 374 g/mol. The minimum atomic E-state index is -3.64. The first-order valence-electron chi connectivity index (χ1n) is 8.85. The number of carbonyl (C=O) groups is 1. The number of benzene rings is 1. The number of hydrazone groups is 1. The van der Waals surface area contributed by atoms with Crippen LogP contribution in [0.1, 0.15) is 50.5 Å². The van der Waals surface area contributed by atoms with Crippen molar-refractivity contribution in [3.8, 4) is 0 Å². The molecule has 1 saturated carbocycles. The predicted molar refractivity (Wildman–Crippen MR) is 106 cm³/mol. The van der Waals surface area contributed by atoms with Crippen molar-refractivity contribution in [1.29, 1.82) is 0 Å². The Morgan fingerprint density at radius 3 is 2.42 bits per heavy atom. The van der Waals surface area contributed by atoms with Crippen LogP contribution >= 0.6 is 11.6 Å². The third-order valence-corrected chi connectivity index (χ3v) is 5.76. The second kappa shape index (κ2) is 9.37. The van der Waals surface area contributed by atoms with E-state index in [1.807, 2.05) is 0 Å². The highest BCUT2D eigenvalue weighted by atomic mass is 35.5. The van der Waals surface area contributed by atoms with E-state index in [0.717, 1.165) is 47.5 Å². The Hall–Kier alpha value is -1.60. The van der Waals surface area contributed by atoms with E-state index in [9.17, 15) is 13.2 Å². The maximum absolute atomic E-state index is 12.3. The summed E-state index contributed by atoms with van der Waals surface area (Å²) in [6.45, 7) is 1.44. The highest BCUT2D eigenvalue weighted by molar-refractivity contribution is 7.92. The highest BCUT2D eigenvalue weighted by Gasteiger charge is 2.22. The molecule has 1 aromatic carbocycles. The number of amides is 1. The van der Waals surface area contributed by atoms with Crippen molar-refractivity contribution in [3.63, 3.8) is 0 Å². The largest absolute Gasteiger partial charge is 0.271 e. The number of nitrogens with zero attached hydrogens (tertiary/aromatic N) is 2. The van der Waals surface area contributed by atoms with Crippen molar-refractivity contribution < 1.29 is 13.2 Å². The average Bonchev–Trinajstić information content (AvgIpc) is 2.53. The van der Waals surface area contributed by atoms with Gasteiger partial charge in [0.15, 0.2) is 0 Å². The molecule has 0 heterocycles. The highest BCUT2D eigenvalue weighted by Crippen LogP contribution is 2.26. The van der Waals surface area contributed by atoms with E-state index in [1.165, 1.54) is 19.3 Å². The summed E-state index contributed by atoms with van der Waals surface area (Å²) < 4.78 is 25.4. The van der Waals surface area contributed by atoms with Gasteiger partial charge in [-0.1, -0.05) is 36.9 Å². The van der Waals surface area contributed by atoms with Crippen LogP contribution in [0.25, 0.3) is 0 Å². The molecule has 1 fully saturated rings. The minimum Gasteiger partial charge on any atom is -0.271 e. The molecule has 0 aromatic heterocycles. The number of nitrogens with one attached hydrogen (secondary N) is 1. The number of aryl methyl sites for hydroxylation is 1. The van der Waals surface area contributed by atoms with Crippen LogP contribution in [-0.2, 0) is 14.8 Å². The van der Waals surface area contributed by atoms with Crippen molar-refractivity contribution in [3.05, 3.63) is 28.8 Å². The monoisotopic (exact) mass is 399 g/mol. The van der Waals surface area contributed by atoms with E-state index < -0.39 is 15.9 Å². The Labute approximate surface area is 160 Å². The lowest BCUT2D eigenvalue weighted by Gasteiger charge is -2.23. The normalized spacial score (nSPS) is 15.7. The third kappa shape index (κ3) is 6.29. The number of anilines is 1. The molecule has 0 spiro atoms. The van der Waals surface area contributed by atoms with Crippen LogP contribution in [-0.4, -0.2) is 32.8 Å². The van der Waals surface area contributed by atoms with Crippen LogP contribution in [0.15, 0.2) is 23.3 Å². The SMILES string of the molecule is Cc1ccc(Cl)cc1N(CC(=O)NN=C1CCCCCCC1)S(C)(=O)=O. The number of hydrogen-bond acceptors (Lipinski definition) is 4. The maximum Gasteiger partial charge on any atom is 0.260 e. The minimum absolute atomic E-state index is 0.337. The summed E-state index contributed by atoms with van der Waals surface area (Å²) in [7, 11) is -3.64. The van der Waals surface area contributed by atoms with Gasteiger partial charge in [-0.05, 0) is 50.3 Å². The van der Waals surface area contributed by atoms with Crippen LogP contribution in [0.5, 0.6) is 0 Å². The van der Waals surface area contributed by atoms with Crippen molar-refractivity contribution in [1.82, 2.24) is 5.43 Å². The zero-order valence-electron chi connectivity index (χ0n) is 15.3. The fourth-order valence-corrected chi connectivity index (χ4v) is 4.04. The molecule has 1 N–H and O–H groups in total. The van der Waals surface area contributed by atoms with Gasteiger partial charge in [0.25, 0.3) is 5.91 Å². The van der Waals surface area contributed by atoms with Gasteiger partial charge in [0.1, 0.15) is 6.54 Å². The summed E-state index contributed by atoms with van der Waals surface area (Å²) in [5, 5.41) is 4.63. The number of carbonyl (C=O) groups excluding carboxylic acids is 1. The average molecular weight is 400 g/mol. The Morgan fingerprint density at radius 2 is 1.81 bits per heavy atom. The summed E-state index contributed by atoms with van der Waals surface area (Å²) >= 11 is 6.00. The maximum atomic E-state index is 12.3. The summed E-state index contributed by atoms with van der Waals surface area (Å²) in [6.07, 6.45) is 8.60. The van der Waals surface area contributed by atoms with Crippen molar-refractivity contribution >= 4 is 38.9 Å². The van der Waals surface area contributed by atoms with E-state index in [-0.39, 0.29) is 6.54 Å². The molecule has 0 bridgehead atoms. The predicted octanol–water partition coefficient (Wildman–Crippen LogP) is 3.63. The first-order chi connectivity index (χ1) is 12.3. The van der Waals surface area contributed by atoms with E-state index in [0.29, 0.717) is 10.7 Å². The Balaban J connectivity index is 2.11. The molecule has 26 heavy (non-hydrogen) atoms. The molecule has 1 aliphatic rings. The van der Waals surface area contributed by atoms with Gasteiger partial charge in [0.2, 0.25) is 10.0 Å². The standard InChI is InChI=1S/C18H26ClN3O3S/c1-14-10-11-15(19)12-17(14)22(26(2,24)25)13-18(23)21-20-16-8-6-4-3-5-7-9-16/h10-12H,3-9,13H2,1-2H3,(H,21,23). The van der Waals surface area contributed by atoms with Crippen molar-refractivity contribution in [2.24, 2.45) is 5.10 Å². The van der Waals surface area contributed by atoms with Crippen molar-refractivity contribution in [2.45, 2.75) is 51.9 Å². The summed E-state index contributed by atoms with van der Waals surface area (Å²) in [5.74, 6) is -0.468. The van der Waals surface area contributed by atoms with Crippen molar-refractivity contribution in [2.75, 3.05) is 17.1 Å². The van der Waals surface area contributed by atoms with Gasteiger partial charge >= 0.3 is 0 Å². The first kappa shape index (κ1) is 20.7. The molecule has 2 rings (SSSR count). The van der Waals surface area contributed by atoms with Crippen LogP contribution in [0, 0.1) is 6.92 Å². The van der Waals surface area contributed by atoms with Crippen LogP contribution in [0.2, 0.25) is 5.02 Å². The Morgan fingerprint density at radius 1 is 1.19 bits per heavy atom. The van der Waals surface area contributed by atoms with Crippen LogP contribution < -0.4 is 9.73 Å². The molecule has 8 heteroatoms. The van der Waals surface area contributed by atoms with E-state index in [1.54, 1.807) is 25.1 Å². The van der Waals surface area contributed by atoms with E-state index in [2.05, 4.69) is 10.5 Å². The second-order valence-corrected chi connectivity index (χ2v) is 9.02. The molecular formula is C18H26ClN3O3S. The molecule has 0 radical (unpaired) electrons. The van der Waals surface area contributed by atoms with Gasteiger partial charge in [-0.3, -0.25) is 9.10 Å². The second-order valence-electron chi connectivity index (χ2n) is 6.68. The molecule has 0 atom stereocenters. The Bertz CT molecular complexity index is 768. The van der Waals surface area contributed by atoms with Gasteiger partial charge in [0.05, 0.1) is 11.9 Å². The fraction of sp³-hybridized carbons (Fsp3) is 0.556. The number of hydrogen-bond donors (Lipinski definition) is 1. The first-order valence-corrected chi connectivity index (χ1v) is 11.1. The smallest absolute Gasteiger partial charge is 0.260 e. The lowest BCUT2D eigenvalue weighted by atomic mass is 9.99. The number of rotatable bonds is 5. The van der Waals surface area contributed by atoms with Gasteiger partial charge in [-0.15, -0.1) is 0 Å². The summed E-state index contributed by atoms with van der Waals surface area (Å²) in [5.41, 5.74) is 4.61. The Kier molecular flexibility index (Phi) is 7.46. The summed E-state index contributed by atoms with van der Waals surface area (Å²) in [4.78, 5) is 12.3. The van der Waals surface area contributed by atoms with Crippen LogP contribution in [0.3, 0.4) is 0 Å². The third-order valence-electron chi connectivity index (χ3n) is 4.40. The topological polar surface area (TPSA) is 78.8 Å². The van der Waals surface area contributed by atoms with Gasteiger partial charge in [-0.25, -0.2) is 13.8 Å². The van der Waals surface area contributed by atoms with Gasteiger partial charge < -0.3 is 0 Å². The molecule has 144 valence electrons. The lowest BCUT2D eigenvalue weighted by Crippen LogP contribution is -2.39. The molecule has 0 aliphatic heterocycles. The molecule has 1 aromatic rings. The number of sulfonamides is 1. The molecule has 6 nitrogen and oxygen atoms in total. The summed E-state index contributed by atoms with van der Waals surface area (Å²) in [6, 6.07) is 4.95. The fourth-order valence-electron chi connectivity index (χ4n) is 2.96. The zero-order valence-corrected chi connectivity index (χ0v) is 16.9. The zero-order chi connectivity index (χ0) is 19.2. The molecule has 1 amide bonds. The van der Waals surface area contributed by atoms with Gasteiger partial charge in [-0.2, -0.15) is 5.10 Å². The molecule has 0 saturated heterocycles.